The molecular weight excluding hydrogens is 558 g/mol. The fourth-order valence-electron chi connectivity index (χ4n) is 5.35. The van der Waals surface area contributed by atoms with Crippen molar-refractivity contribution in [2.75, 3.05) is 56.7 Å². The summed E-state index contributed by atoms with van der Waals surface area (Å²) in [5, 5.41) is 3.22. The number of fused-ring (bicyclic) bond motifs is 1. The van der Waals surface area contributed by atoms with Gasteiger partial charge in [-0.1, -0.05) is 0 Å². The fourth-order valence-corrected chi connectivity index (χ4v) is 5.35. The van der Waals surface area contributed by atoms with Crippen molar-refractivity contribution >= 4 is 34.5 Å². The molecule has 230 valence electrons. The van der Waals surface area contributed by atoms with Gasteiger partial charge in [0.2, 0.25) is 0 Å². The second-order valence-corrected chi connectivity index (χ2v) is 12.0. The van der Waals surface area contributed by atoms with Gasteiger partial charge in [-0.25, -0.2) is 18.6 Å². The number of hydrogen-bond acceptors (Lipinski definition) is 8. The van der Waals surface area contributed by atoms with Gasteiger partial charge in [0.15, 0.2) is 11.6 Å². The van der Waals surface area contributed by atoms with Gasteiger partial charge in [-0.2, -0.15) is 0 Å². The van der Waals surface area contributed by atoms with Gasteiger partial charge < -0.3 is 29.5 Å². The van der Waals surface area contributed by atoms with E-state index >= 15 is 0 Å². The lowest BCUT2D eigenvalue weighted by Crippen LogP contribution is -2.42. The Labute approximate surface area is 250 Å². The summed E-state index contributed by atoms with van der Waals surface area (Å²) in [4.78, 5) is 41.4. The van der Waals surface area contributed by atoms with E-state index < -0.39 is 29.4 Å². The predicted octanol–water partition coefficient (Wildman–Crippen LogP) is 5.00. The number of morpholine rings is 1. The predicted molar refractivity (Wildman–Crippen MR) is 159 cm³/mol. The van der Waals surface area contributed by atoms with Crippen LogP contribution in [-0.4, -0.2) is 89.9 Å². The van der Waals surface area contributed by atoms with Crippen LogP contribution in [0.15, 0.2) is 36.5 Å². The minimum absolute atomic E-state index is 0.177. The number of nitrogens with one attached hydrogen (secondary N) is 1. The average Bonchev–Trinajstić information content (AvgIpc) is 3.47. The highest BCUT2D eigenvalue weighted by Gasteiger charge is 2.34. The Bertz CT molecular complexity index is 1510. The van der Waals surface area contributed by atoms with Crippen LogP contribution in [0.2, 0.25) is 0 Å². The van der Waals surface area contributed by atoms with Crippen LogP contribution in [0.25, 0.3) is 11.0 Å². The van der Waals surface area contributed by atoms with Gasteiger partial charge in [0, 0.05) is 56.1 Å². The maximum atomic E-state index is 14.0. The number of likely N-dealkylation sites (tertiary alicyclic amines) is 1. The number of ether oxygens (including phenoxy) is 2. The zero-order chi connectivity index (χ0) is 30.9. The summed E-state index contributed by atoms with van der Waals surface area (Å²) in [7, 11) is 1.69. The van der Waals surface area contributed by atoms with Crippen molar-refractivity contribution in [1.82, 2.24) is 19.8 Å². The van der Waals surface area contributed by atoms with E-state index in [4.69, 9.17) is 14.5 Å². The number of carbonyl (C=O) groups is 2. The minimum Gasteiger partial charge on any atom is -0.444 e. The smallest absolute Gasteiger partial charge is 0.410 e. The van der Waals surface area contributed by atoms with Crippen LogP contribution in [-0.2, 0) is 9.47 Å². The Hall–Kier alpha value is -4.06. The Morgan fingerprint density at radius 2 is 1.86 bits per heavy atom. The van der Waals surface area contributed by atoms with Gasteiger partial charge in [-0.05, 0) is 58.4 Å². The number of anilines is 2. The van der Waals surface area contributed by atoms with Crippen molar-refractivity contribution in [2.45, 2.75) is 51.8 Å². The second kappa shape index (κ2) is 12.3. The molecule has 2 fully saturated rings. The molecule has 12 heteroatoms. The lowest BCUT2D eigenvalue weighted by Gasteiger charge is -2.28. The van der Waals surface area contributed by atoms with Gasteiger partial charge in [0.05, 0.1) is 42.5 Å². The molecule has 0 spiro atoms. The van der Waals surface area contributed by atoms with Crippen molar-refractivity contribution in [3.63, 3.8) is 0 Å². The number of amides is 2. The summed E-state index contributed by atoms with van der Waals surface area (Å²) in [5.74, 6) is -1.38. The molecule has 3 heterocycles. The fraction of sp³-hybridized carbons (Fsp3) is 0.484. The summed E-state index contributed by atoms with van der Waals surface area (Å²) in [6.07, 6.45) is 1.89. The Kier molecular flexibility index (Phi) is 8.68. The molecule has 3 aromatic rings. The molecule has 2 aliphatic rings. The molecule has 2 aliphatic heterocycles. The van der Waals surface area contributed by atoms with Crippen molar-refractivity contribution < 1.29 is 27.8 Å². The number of aromatic nitrogens is 2. The quantitative estimate of drug-likeness (QED) is 0.425. The first-order valence-corrected chi connectivity index (χ1v) is 14.5. The highest BCUT2D eigenvalue weighted by atomic mass is 19.2. The summed E-state index contributed by atoms with van der Waals surface area (Å²) in [6, 6.07) is 6.53. The number of carbonyl (C=O) groups excluding carboxylic acids is 2. The van der Waals surface area contributed by atoms with Crippen LogP contribution in [0, 0.1) is 11.6 Å². The number of benzene rings is 2. The highest BCUT2D eigenvalue weighted by molar-refractivity contribution is 5.98. The molecule has 5 rings (SSSR count). The third kappa shape index (κ3) is 6.96. The van der Waals surface area contributed by atoms with E-state index in [9.17, 15) is 18.4 Å². The van der Waals surface area contributed by atoms with Gasteiger partial charge in [-0.15, -0.1) is 0 Å². The number of likely N-dealkylation sites (N-methyl/N-ethyl adjacent to an activating group) is 1. The Morgan fingerprint density at radius 1 is 1.12 bits per heavy atom. The molecule has 0 radical (unpaired) electrons. The number of rotatable bonds is 6. The first kappa shape index (κ1) is 30.4. The van der Waals surface area contributed by atoms with Crippen LogP contribution in [0.4, 0.5) is 25.1 Å². The van der Waals surface area contributed by atoms with Crippen LogP contribution in [0.3, 0.4) is 0 Å². The summed E-state index contributed by atoms with van der Waals surface area (Å²) >= 11 is 0. The molecule has 2 saturated heterocycles. The highest BCUT2D eigenvalue weighted by Crippen LogP contribution is 2.30. The number of nitrogens with zero attached hydrogens (tertiary/aromatic N) is 5. The molecule has 0 bridgehead atoms. The van der Waals surface area contributed by atoms with E-state index in [-0.39, 0.29) is 11.9 Å². The zero-order valence-electron chi connectivity index (χ0n) is 25.2. The van der Waals surface area contributed by atoms with E-state index in [1.165, 1.54) is 6.07 Å². The van der Waals surface area contributed by atoms with Gasteiger partial charge in [-0.3, -0.25) is 9.78 Å². The maximum Gasteiger partial charge on any atom is 0.410 e. The normalized spacial score (nSPS) is 18.1. The van der Waals surface area contributed by atoms with E-state index in [0.717, 1.165) is 12.1 Å². The molecule has 0 saturated carbocycles. The van der Waals surface area contributed by atoms with Gasteiger partial charge in [0.1, 0.15) is 11.4 Å². The van der Waals surface area contributed by atoms with E-state index in [2.05, 4.69) is 15.2 Å². The summed E-state index contributed by atoms with van der Waals surface area (Å²) < 4.78 is 38.5. The Morgan fingerprint density at radius 3 is 2.56 bits per heavy atom. The van der Waals surface area contributed by atoms with Crippen LogP contribution < -0.4 is 10.2 Å². The van der Waals surface area contributed by atoms with Crippen molar-refractivity contribution in [1.29, 1.82) is 0 Å². The monoisotopic (exact) mass is 596 g/mol. The van der Waals surface area contributed by atoms with Crippen LogP contribution in [0.1, 0.15) is 56.1 Å². The molecule has 43 heavy (non-hydrogen) atoms. The zero-order valence-corrected chi connectivity index (χ0v) is 25.2. The molecule has 1 aromatic heterocycles. The molecular formula is C31H38F2N6O4. The molecule has 2 atom stereocenters. The van der Waals surface area contributed by atoms with Crippen LogP contribution >= 0.6 is 0 Å². The van der Waals surface area contributed by atoms with E-state index in [1.807, 2.05) is 27.7 Å². The third-order valence-corrected chi connectivity index (χ3v) is 7.70. The maximum absolute atomic E-state index is 14.0. The summed E-state index contributed by atoms with van der Waals surface area (Å²) in [6.45, 7) is 10.7. The number of hydrogen-bond donors (Lipinski definition) is 1. The van der Waals surface area contributed by atoms with E-state index in [0.29, 0.717) is 79.5 Å². The molecule has 2 amide bonds. The molecule has 1 N–H and O–H groups in total. The van der Waals surface area contributed by atoms with Crippen molar-refractivity contribution in [3.8, 4) is 0 Å². The first-order chi connectivity index (χ1) is 20.4. The molecule has 0 aliphatic carbocycles. The first-order valence-electron chi connectivity index (χ1n) is 14.5. The Balaban J connectivity index is 1.44. The van der Waals surface area contributed by atoms with Gasteiger partial charge >= 0.3 is 6.09 Å². The van der Waals surface area contributed by atoms with E-state index in [1.54, 1.807) is 35.2 Å². The standard InChI is InChI=1S/C31H38F2N6O4/c1-19(35-21-6-7-24(32)25(33)16-21)23-14-20(15-26-28(23)36-27(17-34-26)38-10-12-42-13-11-38)29(40)39-9-8-22(18-39)37(5)30(41)43-31(2,3)4/h6-7,14-17,19,22,35H,8-13,18H2,1-5H3/t19?,22-/m1/s1. The SMILES string of the molecule is CC(Nc1ccc(F)c(F)c1)c1cc(C(=O)N2CC[C@@H](N(C)C(=O)OC(C)(C)C)C2)cc2ncc(N3CCOCC3)nc12. The lowest BCUT2D eigenvalue weighted by molar-refractivity contribution is 0.0226. The van der Waals surface area contributed by atoms with Crippen molar-refractivity contribution in [3.05, 3.63) is 59.3 Å². The molecule has 1 unspecified atom stereocenters. The second-order valence-electron chi connectivity index (χ2n) is 12.0. The number of halogens is 2. The average molecular weight is 597 g/mol. The lowest BCUT2D eigenvalue weighted by atomic mass is 10.0. The summed E-state index contributed by atoms with van der Waals surface area (Å²) in [5.41, 5.74) is 2.03. The van der Waals surface area contributed by atoms with Gasteiger partial charge in [0.25, 0.3) is 5.91 Å². The topological polar surface area (TPSA) is 100 Å². The molecule has 2 aromatic carbocycles. The van der Waals surface area contributed by atoms with Crippen molar-refractivity contribution in [2.24, 2.45) is 0 Å². The minimum atomic E-state index is -0.958. The molecule has 10 nitrogen and oxygen atoms in total. The van der Waals surface area contributed by atoms with Crippen LogP contribution in [0.5, 0.6) is 0 Å². The largest absolute Gasteiger partial charge is 0.444 e. The third-order valence-electron chi connectivity index (χ3n) is 7.70.